The van der Waals surface area contributed by atoms with Crippen molar-refractivity contribution in [3.05, 3.63) is 90.0 Å². The van der Waals surface area contributed by atoms with Crippen molar-refractivity contribution < 1.29 is 2.85 Å². The zero-order valence-corrected chi connectivity index (χ0v) is 40.6. The molecule has 3 aromatic carbocycles. The first-order valence-electron chi connectivity index (χ1n) is 22.4. The van der Waals surface area contributed by atoms with Gasteiger partial charge in [0.25, 0.3) is 0 Å². The molecule has 3 rings (SSSR count). The first-order chi connectivity index (χ1) is 25.7. The number of aryl methyl sites for hydroxylation is 2. The fourth-order valence-electron chi connectivity index (χ4n) is 7.10. The average Bonchev–Trinajstić information content (AvgIpc) is 3.18. The van der Waals surface area contributed by atoms with Crippen LogP contribution < -0.4 is 4.90 Å². The number of nitrogens with zero attached hydrogens (tertiary/aromatic N) is 1. The maximum Gasteiger partial charge on any atom is 2.00 e. The van der Waals surface area contributed by atoms with Crippen molar-refractivity contribution in [3.8, 4) is 0 Å². The van der Waals surface area contributed by atoms with E-state index in [9.17, 15) is 0 Å². The Kier molecular flexibility index (Phi) is 35.2. The van der Waals surface area contributed by atoms with Crippen molar-refractivity contribution in [2.24, 2.45) is 0 Å². The molecule has 0 aromatic heterocycles. The molecule has 0 saturated carbocycles. The minimum absolute atomic E-state index is 0. The van der Waals surface area contributed by atoms with Crippen LogP contribution in [0.25, 0.3) is 0 Å². The van der Waals surface area contributed by atoms with Crippen LogP contribution in [0.15, 0.2) is 88.7 Å². The number of para-hydroxylation sites is 1. The van der Waals surface area contributed by atoms with Gasteiger partial charge in [0, 0.05) is 28.6 Å². The molecule has 0 N–H and O–H groups in total. The second-order valence-electron chi connectivity index (χ2n) is 15.2. The molecule has 0 unspecified atom stereocenters. The van der Waals surface area contributed by atoms with Crippen molar-refractivity contribution in [2.75, 3.05) is 18.0 Å². The van der Waals surface area contributed by atoms with Gasteiger partial charge >= 0.3 is 48.9 Å². The van der Waals surface area contributed by atoms with Crippen LogP contribution in [0.3, 0.4) is 0 Å². The van der Waals surface area contributed by atoms with Crippen LogP contribution in [-0.2, 0) is 12.8 Å². The van der Waals surface area contributed by atoms with Gasteiger partial charge in [-0.2, -0.15) is 0 Å². The molecule has 3 aromatic rings. The van der Waals surface area contributed by atoms with Crippen molar-refractivity contribution >= 4 is 66.3 Å². The molecule has 0 aliphatic heterocycles. The van der Waals surface area contributed by atoms with Crippen LogP contribution >= 0.6 is 11.8 Å². The predicted octanol–water partition coefficient (Wildman–Crippen LogP) is 16.7. The van der Waals surface area contributed by atoms with Gasteiger partial charge in [-0.15, -0.1) is 0 Å². The van der Waals surface area contributed by atoms with E-state index in [2.05, 4.69) is 111 Å². The van der Waals surface area contributed by atoms with E-state index in [1.807, 2.05) is 11.8 Å². The first kappa shape index (κ1) is 50.4. The Balaban J connectivity index is 0. The van der Waals surface area contributed by atoms with E-state index in [0.717, 1.165) is 0 Å². The maximum absolute atomic E-state index is 2.61. The molecule has 3 heteroatoms. The van der Waals surface area contributed by atoms with Gasteiger partial charge < -0.3 is 7.75 Å². The normalized spacial score (nSPS) is 10.8. The third kappa shape index (κ3) is 26.0. The number of hydrogen-bond acceptors (Lipinski definition) is 2. The van der Waals surface area contributed by atoms with E-state index in [1.54, 1.807) is 0 Å². The summed E-state index contributed by atoms with van der Waals surface area (Å²) in [6, 6.07) is 29.1. The average molecular weight is 868 g/mol. The minimum Gasteiger partial charge on any atom is -1.00 e. The molecule has 0 saturated heterocycles. The van der Waals surface area contributed by atoms with Crippen LogP contribution in [0.4, 0.5) is 5.69 Å². The number of unbranched alkanes of at least 4 members (excludes halogenated alkanes) is 20. The fraction of sp³-hybridized carbons (Fsp3) is 0.640. The molecule has 0 spiro atoms. The largest absolute Gasteiger partial charge is 2.00 e. The monoisotopic (exact) mass is 868 g/mol. The Labute approximate surface area is 378 Å². The van der Waals surface area contributed by atoms with Crippen molar-refractivity contribution in [1.82, 2.24) is 0 Å². The molecular weight excluding hydrogens is 784 g/mol. The molecule has 296 valence electrons. The second-order valence-corrected chi connectivity index (χ2v) is 16.3. The molecule has 0 aliphatic rings. The first-order valence-corrected chi connectivity index (χ1v) is 23.2. The van der Waals surface area contributed by atoms with Gasteiger partial charge in [0.15, 0.2) is 0 Å². The quantitative estimate of drug-likeness (QED) is 0.0468. The van der Waals surface area contributed by atoms with E-state index in [-0.39, 0.29) is 51.7 Å². The van der Waals surface area contributed by atoms with Gasteiger partial charge in [-0.05, 0) is 73.9 Å². The maximum atomic E-state index is 2.61. The van der Waals surface area contributed by atoms with Crippen LogP contribution in [0.5, 0.6) is 0 Å². The zero-order valence-electron chi connectivity index (χ0n) is 37.4. The Bertz CT molecular complexity index is 1140. The summed E-state index contributed by atoms with van der Waals surface area (Å²) in [5.41, 5.74) is 4.47. The van der Waals surface area contributed by atoms with Gasteiger partial charge in [0.1, 0.15) is 0 Å². The zero-order chi connectivity index (χ0) is 37.2. The third-order valence-corrected chi connectivity index (χ3v) is 11.7. The standard InChI is InChI=1S/C28H42S.C22H39N.Ba.2H/c1-3-5-7-9-11-13-19-25-21-15-17-23-27(25)29-28-24-18-16-22-26(28)20-14-12-10-8-6-4-2;1-3-5-7-9-11-16-20-23(22-18-14-13-15-19-22)21-17-12-10-8-6-4-2;;;/h15-18,21-24H,3-14,19-20H2,1-2H3;13-15,18-19H,3-12,16-17,20-21H2,1-2H3;;;/q;;+2;2*-1. The summed E-state index contributed by atoms with van der Waals surface area (Å²) in [6.07, 6.45) is 35.4. The van der Waals surface area contributed by atoms with Crippen LogP contribution in [-0.4, -0.2) is 62.0 Å². The predicted molar refractivity (Wildman–Crippen MR) is 245 cm³/mol. The number of hydrogen-bond donors (Lipinski definition) is 0. The van der Waals surface area contributed by atoms with Crippen LogP contribution in [0.1, 0.15) is 196 Å². The molecule has 0 bridgehead atoms. The van der Waals surface area contributed by atoms with Crippen molar-refractivity contribution in [3.63, 3.8) is 0 Å². The second kappa shape index (κ2) is 37.0. The summed E-state index contributed by atoms with van der Waals surface area (Å²) in [6.45, 7) is 11.6. The van der Waals surface area contributed by atoms with Crippen LogP contribution in [0.2, 0.25) is 0 Å². The third-order valence-electron chi connectivity index (χ3n) is 10.4. The smallest absolute Gasteiger partial charge is 1.00 e. The Hall–Kier alpha value is -0.619. The van der Waals surface area contributed by atoms with Gasteiger partial charge in [0.05, 0.1) is 0 Å². The van der Waals surface area contributed by atoms with E-state index in [1.165, 1.54) is 207 Å². The molecule has 0 aliphatic carbocycles. The van der Waals surface area contributed by atoms with E-state index >= 15 is 0 Å². The van der Waals surface area contributed by atoms with E-state index in [4.69, 9.17) is 0 Å². The van der Waals surface area contributed by atoms with E-state index in [0.29, 0.717) is 0 Å². The SMILES string of the molecule is CCCCCCCCN(CCCCCCCC)c1ccccc1.CCCCCCCCc1ccccc1Sc1ccccc1CCCCCCCC.[Ba+2].[H-].[H-]. The molecule has 0 radical (unpaired) electrons. The molecule has 0 amide bonds. The molecule has 0 heterocycles. The summed E-state index contributed by atoms with van der Waals surface area (Å²) >= 11 is 1.98. The summed E-state index contributed by atoms with van der Waals surface area (Å²) in [7, 11) is 0. The summed E-state index contributed by atoms with van der Waals surface area (Å²) in [5, 5.41) is 0. The van der Waals surface area contributed by atoms with Crippen molar-refractivity contribution in [1.29, 1.82) is 0 Å². The van der Waals surface area contributed by atoms with Gasteiger partial charge in [-0.1, -0.05) is 222 Å². The Morgan fingerprint density at radius 1 is 0.377 bits per heavy atom. The summed E-state index contributed by atoms with van der Waals surface area (Å²) in [5.74, 6) is 0. The summed E-state index contributed by atoms with van der Waals surface area (Å²) < 4.78 is 0. The Morgan fingerprint density at radius 2 is 0.698 bits per heavy atom. The fourth-order valence-corrected chi connectivity index (χ4v) is 8.24. The number of rotatable bonds is 31. The molecule has 1 nitrogen and oxygen atoms in total. The van der Waals surface area contributed by atoms with Gasteiger partial charge in [-0.3, -0.25) is 0 Å². The van der Waals surface area contributed by atoms with Crippen molar-refractivity contribution in [2.45, 2.75) is 204 Å². The number of anilines is 1. The van der Waals surface area contributed by atoms with Gasteiger partial charge in [0.2, 0.25) is 0 Å². The topological polar surface area (TPSA) is 3.24 Å². The molecule has 0 fully saturated rings. The Morgan fingerprint density at radius 3 is 1.09 bits per heavy atom. The van der Waals surface area contributed by atoms with E-state index < -0.39 is 0 Å². The summed E-state index contributed by atoms with van der Waals surface area (Å²) in [4.78, 5) is 5.52. The van der Waals surface area contributed by atoms with Gasteiger partial charge in [-0.25, -0.2) is 0 Å². The molecule has 0 atom stereocenters. The molecule has 53 heavy (non-hydrogen) atoms. The number of benzene rings is 3. The van der Waals surface area contributed by atoms with Crippen LogP contribution in [0, 0.1) is 0 Å². The minimum atomic E-state index is 0. The molecular formula is C50H83BaNS.